The number of halogens is 1. The molecule has 0 saturated carbocycles. The van der Waals surface area contributed by atoms with Crippen molar-refractivity contribution in [2.75, 3.05) is 39.3 Å². The zero-order valence-electron chi connectivity index (χ0n) is 12.6. The average Bonchev–Trinajstić information content (AvgIpc) is 2.84. The third kappa shape index (κ3) is 3.26. The lowest BCUT2D eigenvalue weighted by Gasteiger charge is -2.48. The highest BCUT2D eigenvalue weighted by atomic mass is 35.5. The summed E-state index contributed by atoms with van der Waals surface area (Å²) in [6.45, 7) is 10.7. The van der Waals surface area contributed by atoms with E-state index in [1.54, 1.807) is 6.07 Å². The number of rotatable bonds is 3. The summed E-state index contributed by atoms with van der Waals surface area (Å²) in [5.41, 5.74) is 0. The molecule has 116 valence electrons. The first-order valence-corrected chi connectivity index (χ1v) is 8.77. The van der Waals surface area contributed by atoms with Gasteiger partial charge in [0.15, 0.2) is 0 Å². The highest BCUT2D eigenvalue weighted by Crippen LogP contribution is 2.26. The summed E-state index contributed by atoms with van der Waals surface area (Å²) in [4.78, 5) is 20.0. The second-order valence-corrected chi connectivity index (χ2v) is 7.85. The Hall–Kier alpha value is -0.620. The number of carbonyl (C=O) groups excluding carboxylic acids is 1. The van der Waals surface area contributed by atoms with E-state index < -0.39 is 0 Å². The van der Waals surface area contributed by atoms with Gasteiger partial charge < -0.3 is 4.90 Å². The lowest BCUT2D eigenvalue weighted by atomic mass is 10.1. The minimum Gasteiger partial charge on any atom is -0.335 e. The predicted octanol–water partition coefficient (Wildman–Crippen LogP) is 2.25. The molecule has 0 atom stereocenters. The first-order valence-electron chi connectivity index (χ1n) is 7.57. The Kier molecular flexibility index (Phi) is 4.54. The van der Waals surface area contributed by atoms with Gasteiger partial charge >= 0.3 is 0 Å². The first-order chi connectivity index (χ1) is 10.0. The van der Waals surface area contributed by atoms with E-state index in [4.69, 9.17) is 11.6 Å². The maximum absolute atomic E-state index is 12.3. The molecule has 4 nitrogen and oxygen atoms in total. The van der Waals surface area contributed by atoms with Gasteiger partial charge in [-0.3, -0.25) is 14.6 Å². The summed E-state index contributed by atoms with van der Waals surface area (Å²) in [5, 5.41) is 0. The van der Waals surface area contributed by atoms with E-state index >= 15 is 0 Å². The Morgan fingerprint density at radius 2 is 1.90 bits per heavy atom. The van der Waals surface area contributed by atoms with Gasteiger partial charge in [0.25, 0.3) is 5.91 Å². The number of amides is 1. The maximum Gasteiger partial charge on any atom is 0.264 e. The molecule has 0 bridgehead atoms. The molecule has 1 aromatic rings. The first kappa shape index (κ1) is 15.3. The molecule has 2 aliphatic rings. The van der Waals surface area contributed by atoms with Gasteiger partial charge in [-0.1, -0.05) is 11.6 Å². The van der Waals surface area contributed by atoms with Crippen LogP contribution in [0.2, 0.25) is 4.34 Å². The van der Waals surface area contributed by atoms with Crippen molar-refractivity contribution in [1.29, 1.82) is 0 Å². The third-order valence-electron chi connectivity index (χ3n) is 4.53. The van der Waals surface area contributed by atoms with Gasteiger partial charge in [-0.15, -0.1) is 11.3 Å². The van der Waals surface area contributed by atoms with Gasteiger partial charge in [0, 0.05) is 51.4 Å². The molecule has 2 aliphatic heterocycles. The minimum absolute atomic E-state index is 0.129. The molecule has 0 radical (unpaired) electrons. The number of carbonyl (C=O) groups is 1. The Bertz CT molecular complexity index is 505. The quantitative estimate of drug-likeness (QED) is 0.852. The van der Waals surface area contributed by atoms with Crippen molar-refractivity contribution in [3.8, 4) is 0 Å². The normalized spacial score (nSPS) is 21.8. The van der Waals surface area contributed by atoms with Crippen molar-refractivity contribution < 1.29 is 4.79 Å². The summed E-state index contributed by atoms with van der Waals surface area (Å²) in [5.74, 6) is 0.129. The van der Waals surface area contributed by atoms with Crippen molar-refractivity contribution in [2.24, 2.45) is 0 Å². The third-order valence-corrected chi connectivity index (χ3v) is 5.75. The molecule has 0 aromatic carbocycles. The van der Waals surface area contributed by atoms with E-state index in [0.29, 0.717) is 16.4 Å². The summed E-state index contributed by atoms with van der Waals surface area (Å²) < 4.78 is 0.681. The molecule has 1 amide bonds. The van der Waals surface area contributed by atoms with Crippen LogP contribution in [0.25, 0.3) is 0 Å². The summed E-state index contributed by atoms with van der Waals surface area (Å²) in [6.07, 6.45) is 0. The van der Waals surface area contributed by atoms with Gasteiger partial charge in [-0.2, -0.15) is 0 Å². The summed E-state index contributed by atoms with van der Waals surface area (Å²) in [7, 11) is 0. The van der Waals surface area contributed by atoms with E-state index in [9.17, 15) is 4.79 Å². The summed E-state index contributed by atoms with van der Waals surface area (Å²) >= 11 is 7.26. The molecule has 2 saturated heterocycles. The predicted molar refractivity (Wildman–Crippen MR) is 87.3 cm³/mol. The highest BCUT2D eigenvalue weighted by molar-refractivity contribution is 7.17. The van der Waals surface area contributed by atoms with Crippen LogP contribution >= 0.6 is 22.9 Å². The molecule has 1 aromatic heterocycles. The SMILES string of the molecule is CC(C)N1CCN(C2CN(C(=O)c3ccc(Cl)s3)C2)CC1. The molecule has 21 heavy (non-hydrogen) atoms. The Labute approximate surface area is 135 Å². The van der Waals surface area contributed by atoms with E-state index in [2.05, 4.69) is 23.6 Å². The smallest absolute Gasteiger partial charge is 0.264 e. The van der Waals surface area contributed by atoms with Crippen LogP contribution < -0.4 is 0 Å². The Morgan fingerprint density at radius 3 is 2.43 bits per heavy atom. The second kappa shape index (κ2) is 6.24. The number of thiophene rings is 1. The topological polar surface area (TPSA) is 26.8 Å². The molecule has 0 unspecified atom stereocenters. The number of nitrogens with zero attached hydrogens (tertiary/aromatic N) is 3. The zero-order valence-corrected chi connectivity index (χ0v) is 14.2. The Balaban J connectivity index is 1.47. The molecule has 6 heteroatoms. The van der Waals surface area contributed by atoms with Crippen molar-refractivity contribution in [1.82, 2.24) is 14.7 Å². The lowest BCUT2D eigenvalue weighted by Crippen LogP contribution is -2.64. The maximum atomic E-state index is 12.3. The van der Waals surface area contributed by atoms with Crippen molar-refractivity contribution in [2.45, 2.75) is 25.9 Å². The zero-order chi connectivity index (χ0) is 15.0. The molecular weight excluding hydrogens is 306 g/mol. The molecule has 3 heterocycles. The lowest BCUT2D eigenvalue weighted by molar-refractivity contribution is 0.00342. The molecule has 0 N–H and O–H groups in total. The van der Waals surface area contributed by atoms with Crippen LogP contribution in [0, 0.1) is 0 Å². The van der Waals surface area contributed by atoms with Crippen LogP contribution in [0.3, 0.4) is 0 Å². The second-order valence-electron chi connectivity index (χ2n) is 6.13. The summed E-state index contributed by atoms with van der Waals surface area (Å²) in [6, 6.07) is 4.79. The van der Waals surface area contributed by atoms with Crippen LogP contribution in [0.1, 0.15) is 23.5 Å². The fraction of sp³-hybridized carbons (Fsp3) is 0.667. The van der Waals surface area contributed by atoms with E-state index in [-0.39, 0.29) is 5.91 Å². The number of piperazine rings is 1. The standard InChI is InChI=1S/C15H22ClN3OS/c1-11(2)17-5-7-18(8-6-17)12-9-19(10-12)15(20)13-3-4-14(16)21-13/h3-4,11-12H,5-10H2,1-2H3. The van der Waals surface area contributed by atoms with E-state index in [1.807, 2.05) is 11.0 Å². The van der Waals surface area contributed by atoms with Crippen LogP contribution in [-0.4, -0.2) is 72.0 Å². The molecular formula is C15H22ClN3OS. The van der Waals surface area contributed by atoms with Gasteiger partial charge in [-0.25, -0.2) is 0 Å². The highest BCUT2D eigenvalue weighted by Gasteiger charge is 2.36. The largest absolute Gasteiger partial charge is 0.335 e. The fourth-order valence-electron chi connectivity index (χ4n) is 3.06. The van der Waals surface area contributed by atoms with Crippen molar-refractivity contribution in [3.05, 3.63) is 21.3 Å². The van der Waals surface area contributed by atoms with Crippen LogP contribution in [-0.2, 0) is 0 Å². The van der Waals surface area contributed by atoms with Crippen molar-refractivity contribution >= 4 is 28.8 Å². The Morgan fingerprint density at radius 1 is 1.24 bits per heavy atom. The van der Waals surface area contributed by atoms with Crippen LogP contribution in [0.15, 0.2) is 12.1 Å². The monoisotopic (exact) mass is 327 g/mol. The van der Waals surface area contributed by atoms with Gasteiger partial charge in [0.2, 0.25) is 0 Å². The fourth-order valence-corrected chi connectivity index (χ4v) is 4.07. The van der Waals surface area contributed by atoms with Gasteiger partial charge in [0.1, 0.15) is 0 Å². The van der Waals surface area contributed by atoms with Crippen LogP contribution in [0.5, 0.6) is 0 Å². The number of hydrogen-bond donors (Lipinski definition) is 0. The van der Waals surface area contributed by atoms with Gasteiger partial charge in [0.05, 0.1) is 9.21 Å². The van der Waals surface area contributed by atoms with E-state index in [1.165, 1.54) is 11.3 Å². The van der Waals surface area contributed by atoms with E-state index in [0.717, 1.165) is 44.1 Å². The molecule has 2 fully saturated rings. The van der Waals surface area contributed by atoms with Gasteiger partial charge in [-0.05, 0) is 26.0 Å². The number of likely N-dealkylation sites (tertiary alicyclic amines) is 1. The molecule has 0 spiro atoms. The van der Waals surface area contributed by atoms with Crippen molar-refractivity contribution in [3.63, 3.8) is 0 Å². The molecule has 3 rings (SSSR count). The van der Waals surface area contributed by atoms with Crippen LogP contribution in [0.4, 0.5) is 0 Å². The average molecular weight is 328 g/mol. The molecule has 0 aliphatic carbocycles. The minimum atomic E-state index is 0.129. The number of hydrogen-bond acceptors (Lipinski definition) is 4.